The highest BCUT2D eigenvalue weighted by atomic mass is 35.5. The zero-order chi connectivity index (χ0) is 11.1. The minimum absolute atomic E-state index is 0.261. The van der Waals surface area contributed by atoms with Gasteiger partial charge in [-0.1, -0.05) is 6.07 Å². The van der Waals surface area contributed by atoms with Crippen LogP contribution in [0.1, 0.15) is 5.69 Å². The average molecular weight is 235 g/mol. The molecule has 0 unspecified atom stereocenters. The molecule has 0 aliphatic heterocycles. The smallest absolute Gasteiger partial charge is 0.251 e. The third-order valence-electron chi connectivity index (χ3n) is 1.91. The largest absolute Gasteiger partial charge is 0.291 e. The van der Waals surface area contributed by atoms with Crippen molar-refractivity contribution in [1.82, 2.24) is 9.88 Å². The summed E-state index contributed by atoms with van der Waals surface area (Å²) in [5.41, 5.74) is 0.781. The summed E-state index contributed by atoms with van der Waals surface area (Å²) in [4.78, 5) is 5.68. The van der Waals surface area contributed by atoms with Crippen LogP contribution in [-0.2, 0) is 6.54 Å². The van der Waals surface area contributed by atoms with Crippen molar-refractivity contribution in [2.45, 2.75) is 13.0 Å². The summed E-state index contributed by atoms with van der Waals surface area (Å²) in [6, 6.07) is 5.44. The fourth-order valence-electron chi connectivity index (χ4n) is 1.27. The fraction of sp³-hybridized carbons (Fsp3) is 0.500. The fourth-order valence-corrected chi connectivity index (χ4v) is 1.51. The maximum absolute atomic E-state index is 12.2. The van der Waals surface area contributed by atoms with Gasteiger partial charge < -0.3 is 0 Å². The van der Waals surface area contributed by atoms with Crippen LogP contribution >= 0.6 is 11.6 Å². The molecule has 0 fully saturated rings. The van der Waals surface area contributed by atoms with Crippen molar-refractivity contribution in [2.24, 2.45) is 0 Å². The van der Waals surface area contributed by atoms with Crippen LogP contribution in [0.25, 0.3) is 0 Å². The quantitative estimate of drug-likeness (QED) is 0.703. The third kappa shape index (κ3) is 5.04. The third-order valence-corrected chi connectivity index (χ3v) is 2.08. The van der Waals surface area contributed by atoms with Crippen molar-refractivity contribution in [3.8, 4) is 0 Å². The van der Waals surface area contributed by atoms with Crippen LogP contribution in [0.15, 0.2) is 24.4 Å². The lowest BCUT2D eigenvalue weighted by Gasteiger charge is -2.19. The van der Waals surface area contributed by atoms with Crippen LogP contribution in [0.2, 0.25) is 0 Å². The van der Waals surface area contributed by atoms with E-state index in [2.05, 4.69) is 4.98 Å². The Kier molecular flexibility index (Phi) is 5.50. The topological polar surface area (TPSA) is 16.1 Å². The summed E-state index contributed by atoms with van der Waals surface area (Å²) in [5, 5.41) is 0. The Hall–Kier alpha value is -0.740. The van der Waals surface area contributed by atoms with Crippen molar-refractivity contribution in [3.63, 3.8) is 0 Å². The molecule has 1 heterocycles. The lowest BCUT2D eigenvalue weighted by atomic mass is 10.3. The van der Waals surface area contributed by atoms with E-state index in [-0.39, 0.29) is 6.54 Å². The number of nitrogens with zero attached hydrogens (tertiary/aromatic N) is 2. The normalized spacial score (nSPS) is 11.3. The monoisotopic (exact) mass is 234 g/mol. The zero-order valence-electron chi connectivity index (χ0n) is 8.24. The molecule has 0 spiro atoms. The number of halogens is 3. The number of aromatic nitrogens is 1. The van der Waals surface area contributed by atoms with Crippen molar-refractivity contribution in [2.75, 3.05) is 19.0 Å². The van der Waals surface area contributed by atoms with Crippen molar-refractivity contribution in [3.05, 3.63) is 30.1 Å². The van der Waals surface area contributed by atoms with Crippen LogP contribution in [0, 0.1) is 0 Å². The summed E-state index contributed by atoms with van der Waals surface area (Å²) in [6.07, 6.45) is -0.687. The minimum Gasteiger partial charge on any atom is -0.291 e. The predicted molar refractivity (Wildman–Crippen MR) is 56.2 cm³/mol. The van der Waals surface area contributed by atoms with Crippen LogP contribution in [0.4, 0.5) is 8.78 Å². The first-order valence-electron chi connectivity index (χ1n) is 4.68. The highest BCUT2D eigenvalue weighted by molar-refractivity contribution is 6.18. The van der Waals surface area contributed by atoms with Crippen LogP contribution < -0.4 is 0 Å². The van der Waals surface area contributed by atoms with E-state index in [0.717, 1.165) is 5.69 Å². The van der Waals surface area contributed by atoms with Gasteiger partial charge in [-0.15, -0.1) is 11.6 Å². The van der Waals surface area contributed by atoms with E-state index in [1.165, 1.54) is 0 Å². The van der Waals surface area contributed by atoms with Gasteiger partial charge >= 0.3 is 0 Å². The van der Waals surface area contributed by atoms with E-state index in [9.17, 15) is 8.78 Å². The average Bonchev–Trinajstić information content (AvgIpc) is 2.18. The maximum atomic E-state index is 12.2. The Morgan fingerprint density at radius 3 is 2.73 bits per heavy atom. The van der Waals surface area contributed by atoms with E-state index < -0.39 is 6.43 Å². The summed E-state index contributed by atoms with van der Waals surface area (Å²) < 4.78 is 24.4. The van der Waals surface area contributed by atoms with Crippen LogP contribution in [-0.4, -0.2) is 35.3 Å². The molecule has 15 heavy (non-hydrogen) atoms. The summed E-state index contributed by atoms with van der Waals surface area (Å²) in [6.45, 7) is 0.601. The van der Waals surface area contributed by atoms with Gasteiger partial charge in [0.25, 0.3) is 6.43 Å². The van der Waals surface area contributed by atoms with E-state index in [1.807, 2.05) is 12.1 Å². The van der Waals surface area contributed by atoms with E-state index in [4.69, 9.17) is 11.6 Å². The molecule has 84 valence electrons. The summed E-state index contributed by atoms with van der Waals surface area (Å²) in [7, 11) is 0. The second-order valence-electron chi connectivity index (χ2n) is 3.14. The van der Waals surface area contributed by atoms with Gasteiger partial charge in [0, 0.05) is 25.2 Å². The molecule has 1 rings (SSSR count). The predicted octanol–water partition coefficient (Wildman–Crippen LogP) is 2.39. The molecular weight excluding hydrogens is 222 g/mol. The van der Waals surface area contributed by atoms with Crippen molar-refractivity contribution < 1.29 is 8.78 Å². The molecule has 2 nitrogen and oxygen atoms in total. The molecule has 0 radical (unpaired) electrons. The Morgan fingerprint density at radius 2 is 2.20 bits per heavy atom. The van der Waals surface area contributed by atoms with Crippen molar-refractivity contribution >= 4 is 11.6 Å². The van der Waals surface area contributed by atoms with Gasteiger partial charge in [0.1, 0.15) is 0 Å². The van der Waals surface area contributed by atoms with Gasteiger partial charge in [0.05, 0.1) is 12.2 Å². The first-order valence-corrected chi connectivity index (χ1v) is 5.22. The second-order valence-corrected chi connectivity index (χ2v) is 3.51. The molecule has 0 aromatic carbocycles. The standard InChI is InChI=1S/C10H13ClF2N2/c11-4-6-15(8-10(12)13)7-9-3-1-2-5-14-9/h1-3,5,10H,4,6-8H2. The molecule has 0 atom stereocenters. The summed E-state index contributed by atoms with van der Waals surface area (Å²) >= 11 is 5.54. The lowest BCUT2D eigenvalue weighted by Crippen LogP contribution is -2.30. The Morgan fingerprint density at radius 1 is 1.40 bits per heavy atom. The van der Waals surface area contributed by atoms with Gasteiger partial charge in [0.15, 0.2) is 0 Å². The molecule has 5 heteroatoms. The number of hydrogen-bond acceptors (Lipinski definition) is 2. The Labute approximate surface area is 92.9 Å². The SMILES string of the molecule is FC(F)CN(CCCl)Cc1ccccn1. The molecule has 1 aromatic heterocycles. The zero-order valence-corrected chi connectivity index (χ0v) is 9.00. The minimum atomic E-state index is -2.34. The number of rotatable bonds is 6. The van der Waals surface area contributed by atoms with Gasteiger partial charge in [0.2, 0.25) is 0 Å². The highest BCUT2D eigenvalue weighted by Gasteiger charge is 2.12. The Balaban J connectivity index is 2.50. The maximum Gasteiger partial charge on any atom is 0.251 e. The lowest BCUT2D eigenvalue weighted by molar-refractivity contribution is 0.0873. The number of hydrogen-bond donors (Lipinski definition) is 0. The van der Waals surface area contributed by atoms with Crippen molar-refractivity contribution in [1.29, 1.82) is 0 Å². The second kappa shape index (κ2) is 6.69. The molecule has 0 aliphatic rings. The number of pyridine rings is 1. The van der Waals surface area contributed by atoms with Crippen LogP contribution in [0.5, 0.6) is 0 Å². The van der Waals surface area contributed by atoms with E-state index in [1.54, 1.807) is 17.2 Å². The molecule has 0 saturated carbocycles. The molecule has 0 saturated heterocycles. The first kappa shape index (κ1) is 12.3. The van der Waals surface area contributed by atoms with Gasteiger partial charge in [-0.3, -0.25) is 9.88 Å². The molecule has 0 bridgehead atoms. The molecule has 0 amide bonds. The summed E-state index contributed by atoms with van der Waals surface area (Å²) in [5.74, 6) is 0.347. The van der Waals surface area contributed by atoms with Gasteiger partial charge in [-0.2, -0.15) is 0 Å². The highest BCUT2D eigenvalue weighted by Crippen LogP contribution is 2.04. The van der Waals surface area contributed by atoms with Gasteiger partial charge in [-0.05, 0) is 12.1 Å². The van der Waals surface area contributed by atoms with Crippen LogP contribution in [0.3, 0.4) is 0 Å². The van der Waals surface area contributed by atoms with E-state index in [0.29, 0.717) is 19.0 Å². The first-order chi connectivity index (χ1) is 7.22. The number of alkyl halides is 3. The van der Waals surface area contributed by atoms with E-state index >= 15 is 0 Å². The van der Waals surface area contributed by atoms with Gasteiger partial charge in [-0.25, -0.2) is 8.78 Å². The molecule has 0 aliphatic carbocycles. The molecular formula is C10H13ClF2N2. The Bertz CT molecular complexity index is 269. The molecule has 0 N–H and O–H groups in total. The molecule has 1 aromatic rings.